The van der Waals surface area contributed by atoms with Gasteiger partial charge in [-0.05, 0) is 67.3 Å². The first-order valence-corrected chi connectivity index (χ1v) is 11.5. The standard InChI is InChI=1S/C26H30N4O3/c1-15(2)23-19-12-17(25-29-30-26(33-25)18-6-5-11-27-14-18)7-9-20(19)28-24(23)16-8-10-21(31-3)22(13-16)32-4/h7-10,12-13,15,18,27-28H,5-6,11,14H2,1-4H3. The molecule has 0 radical (unpaired) electrons. The van der Waals surface area contributed by atoms with Crippen molar-refractivity contribution in [2.24, 2.45) is 0 Å². The van der Waals surface area contributed by atoms with E-state index in [9.17, 15) is 0 Å². The predicted molar refractivity (Wildman–Crippen MR) is 129 cm³/mol. The van der Waals surface area contributed by atoms with Crippen molar-refractivity contribution in [1.82, 2.24) is 20.5 Å². The zero-order valence-corrected chi connectivity index (χ0v) is 19.6. The van der Waals surface area contributed by atoms with E-state index in [4.69, 9.17) is 13.9 Å². The molecule has 4 aromatic rings. The van der Waals surface area contributed by atoms with Crippen molar-refractivity contribution in [3.8, 4) is 34.2 Å². The van der Waals surface area contributed by atoms with Gasteiger partial charge in [-0.25, -0.2) is 0 Å². The Hall–Kier alpha value is -3.32. The van der Waals surface area contributed by atoms with Gasteiger partial charge >= 0.3 is 0 Å². The average molecular weight is 447 g/mol. The Bertz CT molecular complexity index is 1270. The van der Waals surface area contributed by atoms with Gasteiger partial charge in [0.2, 0.25) is 11.8 Å². The highest BCUT2D eigenvalue weighted by molar-refractivity contribution is 5.94. The first-order chi connectivity index (χ1) is 16.1. The quantitative estimate of drug-likeness (QED) is 0.407. The predicted octanol–water partition coefficient (Wildman–Crippen LogP) is 5.49. The number of rotatable bonds is 6. The van der Waals surface area contributed by atoms with Gasteiger partial charge in [0.05, 0.1) is 19.9 Å². The fraction of sp³-hybridized carbons (Fsp3) is 0.385. The maximum atomic E-state index is 6.10. The summed E-state index contributed by atoms with van der Waals surface area (Å²) in [6.45, 7) is 6.37. The third-order valence-corrected chi connectivity index (χ3v) is 6.42. The van der Waals surface area contributed by atoms with Crippen LogP contribution in [-0.4, -0.2) is 42.5 Å². The Labute approximate surface area is 193 Å². The molecule has 1 atom stereocenters. The summed E-state index contributed by atoms with van der Waals surface area (Å²) in [6.07, 6.45) is 2.21. The van der Waals surface area contributed by atoms with Gasteiger partial charge in [-0.1, -0.05) is 13.8 Å². The normalized spacial score (nSPS) is 16.5. The molecule has 0 aliphatic carbocycles. The van der Waals surface area contributed by atoms with Crippen LogP contribution in [0.1, 0.15) is 50.0 Å². The van der Waals surface area contributed by atoms with Crippen LogP contribution in [-0.2, 0) is 0 Å². The molecule has 1 aliphatic rings. The number of benzene rings is 2. The maximum absolute atomic E-state index is 6.10. The van der Waals surface area contributed by atoms with E-state index in [1.807, 2.05) is 18.2 Å². The highest BCUT2D eigenvalue weighted by atomic mass is 16.5. The fourth-order valence-electron chi connectivity index (χ4n) is 4.74. The topological polar surface area (TPSA) is 85.2 Å². The van der Waals surface area contributed by atoms with Crippen LogP contribution in [0.5, 0.6) is 11.5 Å². The van der Waals surface area contributed by atoms with Gasteiger partial charge in [0.15, 0.2) is 11.5 Å². The number of hydrogen-bond acceptors (Lipinski definition) is 6. The summed E-state index contributed by atoms with van der Waals surface area (Å²) < 4.78 is 17.0. The number of methoxy groups -OCH3 is 2. The van der Waals surface area contributed by atoms with Crippen molar-refractivity contribution in [3.05, 3.63) is 47.9 Å². The van der Waals surface area contributed by atoms with E-state index in [1.165, 1.54) is 5.56 Å². The van der Waals surface area contributed by atoms with Gasteiger partial charge in [0, 0.05) is 34.5 Å². The van der Waals surface area contributed by atoms with Gasteiger partial charge in [-0.3, -0.25) is 0 Å². The molecule has 33 heavy (non-hydrogen) atoms. The second-order valence-electron chi connectivity index (χ2n) is 8.89. The van der Waals surface area contributed by atoms with Gasteiger partial charge in [-0.15, -0.1) is 10.2 Å². The summed E-state index contributed by atoms with van der Waals surface area (Å²) in [6, 6.07) is 12.3. The molecule has 7 nitrogen and oxygen atoms in total. The van der Waals surface area contributed by atoms with E-state index in [2.05, 4.69) is 52.5 Å². The second kappa shape index (κ2) is 8.90. The number of fused-ring (bicyclic) bond motifs is 1. The molecule has 2 aromatic carbocycles. The van der Waals surface area contributed by atoms with Crippen LogP contribution >= 0.6 is 0 Å². The molecule has 0 saturated carbocycles. The lowest BCUT2D eigenvalue weighted by Gasteiger charge is -2.18. The number of H-pyrrole nitrogens is 1. The molecule has 2 aromatic heterocycles. The molecule has 1 saturated heterocycles. The van der Waals surface area contributed by atoms with Gasteiger partial charge in [0.25, 0.3) is 0 Å². The van der Waals surface area contributed by atoms with E-state index in [-0.39, 0.29) is 0 Å². The summed E-state index contributed by atoms with van der Waals surface area (Å²) in [5, 5.41) is 13.3. The number of piperidine rings is 1. The molecule has 7 heteroatoms. The minimum atomic E-state index is 0.291. The lowest BCUT2D eigenvalue weighted by molar-refractivity contribution is 0.355. The van der Waals surface area contributed by atoms with Crippen LogP contribution < -0.4 is 14.8 Å². The van der Waals surface area contributed by atoms with Crippen LogP contribution in [0, 0.1) is 0 Å². The largest absolute Gasteiger partial charge is 0.493 e. The summed E-state index contributed by atoms with van der Waals surface area (Å²) >= 11 is 0. The third-order valence-electron chi connectivity index (χ3n) is 6.42. The molecule has 0 spiro atoms. The first-order valence-electron chi connectivity index (χ1n) is 11.5. The average Bonchev–Trinajstić information content (AvgIpc) is 3.49. The van der Waals surface area contributed by atoms with Crippen molar-refractivity contribution < 1.29 is 13.9 Å². The molecular formula is C26H30N4O3. The monoisotopic (exact) mass is 446 g/mol. The zero-order valence-electron chi connectivity index (χ0n) is 19.6. The molecule has 0 amide bonds. The number of nitrogens with one attached hydrogen (secondary N) is 2. The van der Waals surface area contributed by atoms with Crippen molar-refractivity contribution in [1.29, 1.82) is 0 Å². The van der Waals surface area contributed by atoms with E-state index < -0.39 is 0 Å². The Morgan fingerprint density at radius 2 is 1.82 bits per heavy atom. The molecule has 1 unspecified atom stereocenters. The minimum absolute atomic E-state index is 0.291. The molecule has 2 N–H and O–H groups in total. The van der Waals surface area contributed by atoms with Crippen LogP contribution in [0.4, 0.5) is 0 Å². The number of ether oxygens (including phenoxy) is 2. The Morgan fingerprint density at radius 1 is 1.00 bits per heavy atom. The van der Waals surface area contributed by atoms with Crippen molar-refractivity contribution in [3.63, 3.8) is 0 Å². The summed E-state index contributed by atoms with van der Waals surface area (Å²) in [5.41, 5.74) is 5.39. The fourth-order valence-corrected chi connectivity index (χ4v) is 4.74. The molecule has 5 rings (SSSR count). The first kappa shape index (κ1) is 21.5. The Morgan fingerprint density at radius 3 is 2.55 bits per heavy atom. The molecule has 0 bridgehead atoms. The maximum Gasteiger partial charge on any atom is 0.247 e. The summed E-state index contributed by atoms with van der Waals surface area (Å²) in [5.74, 6) is 3.32. The van der Waals surface area contributed by atoms with Crippen LogP contribution in [0.2, 0.25) is 0 Å². The molecule has 1 fully saturated rings. The SMILES string of the molecule is COc1ccc(-c2[nH]c3ccc(-c4nnc(C5CCCNC5)o4)cc3c2C(C)C)cc1OC. The molecular weight excluding hydrogens is 416 g/mol. The number of nitrogens with zero attached hydrogens (tertiary/aromatic N) is 2. The number of hydrogen-bond donors (Lipinski definition) is 2. The molecule has 172 valence electrons. The van der Waals surface area contributed by atoms with Crippen molar-refractivity contribution in [2.75, 3.05) is 27.3 Å². The Kier molecular flexibility index (Phi) is 5.81. The smallest absolute Gasteiger partial charge is 0.247 e. The van der Waals surface area contributed by atoms with E-state index in [1.54, 1.807) is 14.2 Å². The van der Waals surface area contributed by atoms with Crippen LogP contribution in [0.25, 0.3) is 33.6 Å². The van der Waals surface area contributed by atoms with Crippen molar-refractivity contribution >= 4 is 10.9 Å². The van der Waals surface area contributed by atoms with Gasteiger partial charge < -0.3 is 24.2 Å². The van der Waals surface area contributed by atoms with Crippen LogP contribution in [0.15, 0.2) is 40.8 Å². The van der Waals surface area contributed by atoms with Crippen LogP contribution in [0.3, 0.4) is 0 Å². The zero-order chi connectivity index (χ0) is 22.9. The van der Waals surface area contributed by atoms with E-state index in [0.717, 1.165) is 59.5 Å². The highest BCUT2D eigenvalue weighted by Crippen LogP contribution is 2.40. The highest BCUT2D eigenvalue weighted by Gasteiger charge is 2.23. The van der Waals surface area contributed by atoms with E-state index in [0.29, 0.717) is 29.2 Å². The third kappa shape index (κ3) is 3.97. The Balaban J connectivity index is 1.56. The number of aromatic nitrogens is 3. The van der Waals surface area contributed by atoms with E-state index >= 15 is 0 Å². The minimum Gasteiger partial charge on any atom is -0.493 e. The van der Waals surface area contributed by atoms with Gasteiger partial charge in [-0.2, -0.15) is 0 Å². The lowest BCUT2D eigenvalue weighted by atomic mass is 9.95. The molecule has 1 aliphatic heterocycles. The lowest BCUT2D eigenvalue weighted by Crippen LogP contribution is -2.28. The van der Waals surface area contributed by atoms with Gasteiger partial charge in [0.1, 0.15) is 0 Å². The van der Waals surface area contributed by atoms with Crippen molar-refractivity contribution in [2.45, 2.75) is 38.5 Å². The summed E-state index contributed by atoms with van der Waals surface area (Å²) in [4.78, 5) is 3.61. The molecule has 3 heterocycles. The number of aromatic amines is 1. The second-order valence-corrected chi connectivity index (χ2v) is 8.89. The summed E-state index contributed by atoms with van der Waals surface area (Å²) in [7, 11) is 3.31.